The van der Waals surface area contributed by atoms with Gasteiger partial charge in [0.05, 0.1) is 25.4 Å². The van der Waals surface area contributed by atoms with Gasteiger partial charge in [0.2, 0.25) is 5.89 Å². The Labute approximate surface area is 139 Å². The van der Waals surface area contributed by atoms with Gasteiger partial charge in [0.15, 0.2) is 11.6 Å². The van der Waals surface area contributed by atoms with Crippen LogP contribution in [-0.2, 0) is 11.3 Å². The second kappa shape index (κ2) is 6.50. The van der Waals surface area contributed by atoms with Crippen molar-refractivity contribution in [2.45, 2.75) is 19.5 Å². The second-order valence-electron chi connectivity index (χ2n) is 5.68. The Hall–Kier alpha value is -2.58. The minimum Gasteiger partial charge on any atom is -0.378 e. The molecule has 0 saturated carbocycles. The molecule has 1 saturated heterocycles. The van der Waals surface area contributed by atoms with Gasteiger partial charge in [0.25, 0.3) is 0 Å². The summed E-state index contributed by atoms with van der Waals surface area (Å²) in [6, 6.07) is 9.86. The maximum atomic E-state index is 5.57. The van der Waals surface area contributed by atoms with Crippen LogP contribution in [0.25, 0.3) is 5.69 Å². The molecule has 0 aliphatic carbocycles. The van der Waals surface area contributed by atoms with E-state index in [1.165, 1.54) is 0 Å². The quantitative estimate of drug-likeness (QED) is 0.719. The molecular weight excluding hydrogens is 308 g/mol. The Morgan fingerprint density at radius 3 is 2.92 bits per heavy atom. The van der Waals surface area contributed by atoms with Crippen LogP contribution in [0.15, 0.2) is 41.2 Å². The summed E-state index contributed by atoms with van der Waals surface area (Å²) >= 11 is 0. The molecule has 1 aliphatic heterocycles. The third kappa shape index (κ3) is 3.06. The standard InChI is InChI=1S/C16H18N6O2/c1-12-18-16(24-20-12)14-10-23-8-7-21(14)9-15-17-11-22(19-15)13-5-3-2-4-6-13/h2-6,11,14H,7-10H2,1H3. The first-order valence-corrected chi connectivity index (χ1v) is 7.87. The van der Waals surface area contributed by atoms with Crippen molar-refractivity contribution in [1.82, 2.24) is 29.8 Å². The fourth-order valence-corrected chi connectivity index (χ4v) is 2.76. The average Bonchev–Trinajstić information content (AvgIpc) is 3.25. The van der Waals surface area contributed by atoms with Gasteiger partial charge in [-0.15, -0.1) is 5.10 Å². The number of aromatic nitrogens is 5. The van der Waals surface area contributed by atoms with Gasteiger partial charge < -0.3 is 9.26 Å². The lowest BCUT2D eigenvalue weighted by molar-refractivity contribution is -0.0251. The van der Waals surface area contributed by atoms with Crippen molar-refractivity contribution in [2.75, 3.05) is 19.8 Å². The molecule has 2 aromatic heterocycles. The molecule has 3 aromatic rings. The summed E-state index contributed by atoms with van der Waals surface area (Å²) in [5.74, 6) is 1.96. The number of nitrogens with zero attached hydrogens (tertiary/aromatic N) is 6. The number of para-hydroxylation sites is 1. The van der Waals surface area contributed by atoms with E-state index in [9.17, 15) is 0 Å². The predicted molar refractivity (Wildman–Crippen MR) is 84.4 cm³/mol. The topological polar surface area (TPSA) is 82.1 Å². The molecule has 8 heteroatoms. The number of morpholine rings is 1. The van der Waals surface area contributed by atoms with Crippen molar-refractivity contribution in [3.63, 3.8) is 0 Å². The first kappa shape index (κ1) is 15.0. The lowest BCUT2D eigenvalue weighted by atomic mass is 10.2. The van der Waals surface area contributed by atoms with Crippen LogP contribution in [0.5, 0.6) is 0 Å². The van der Waals surface area contributed by atoms with Crippen LogP contribution in [0.2, 0.25) is 0 Å². The van der Waals surface area contributed by atoms with E-state index in [-0.39, 0.29) is 6.04 Å². The van der Waals surface area contributed by atoms with Crippen LogP contribution >= 0.6 is 0 Å². The van der Waals surface area contributed by atoms with Crippen molar-refractivity contribution in [3.05, 3.63) is 54.2 Å². The summed E-state index contributed by atoms with van der Waals surface area (Å²) < 4.78 is 12.7. The monoisotopic (exact) mass is 326 g/mol. The van der Waals surface area contributed by atoms with E-state index in [0.717, 1.165) is 18.1 Å². The number of rotatable bonds is 4. The lowest BCUT2D eigenvalue weighted by Crippen LogP contribution is -2.39. The Morgan fingerprint density at radius 1 is 1.25 bits per heavy atom. The van der Waals surface area contributed by atoms with E-state index >= 15 is 0 Å². The van der Waals surface area contributed by atoms with Crippen LogP contribution in [0.1, 0.15) is 23.6 Å². The molecule has 1 fully saturated rings. The van der Waals surface area contributed by atoms with Crippen LogP contribution in [0.4, 0.5) is 0 Å². The number of aryl methyl sites for hydroxylation is 1. The van der Waals surface area contributed by atoms with Crippen LogP contribution < -0.4 is 0 Å². The molecule has 1 aliphatic rings. The van der Waals surface area contributed by atoms with Crippen LogP contribution in [0.3, 0.4) is 0 Å². The fraction of sp³-hybridized carbons (Fsp3) is 0.375. The first-order chi connectivity index (χ1) is 11.8. The number of benzene rings is 1. The van der Waals surface area contributed by atoms with E-state index < -0.39 is 0 Å². The zero-order valence-corrected chi connectivity index (χ0v) is 13.4. The van der Waals surface area contributed by atoms with E-state index in [2.05, 4.69) is 25.1 Å². The Balaban J connectivity index is 1.52. The van der Waals surface area contributed by atoms with Gasteiger partial charge in [-0.2, -0.15) is 4.98 Å². The minimum absolute atomic E-state index is 0.0661. The summed E-state index contributed by atoms with van der Waals surface area (Å²) in [6.07, 6.45) is 1.73. The molecule has 8 nitrogen and oxygen atoms in total. The molecule has 0 amide bonds. The SMILES string of the molecule is Cc1noc(C2COCCN2Cc2ncn(-c3ccccc3)n2)n1. The summed E-state index contributed by atoms with van der Waals surface area (Å²) in [4.78, 5) is 11.0. The van der Waals surface area contributed by atoms with Crippen molar-refractivity contribution < 1.29 is 9.26 Å². The molecule has 0 spiro atoms. The molecule has 1 unspecified atom stereocenters. The van der Waals surface area contributed by atoms with Crippen LogP contribution in [0, 0.1) is 6.92 Å². The number of hydrogen-bond acceptors (Lipinski definition) is 7. The Bertz CT molecular complexity index is 800. The number of hydrogen-bond donors (Lipinski definition) is 0. The van der Waals surface area contributed by atoms with Gasteiger partial charge in [0, 0.05) is 6.54 Å². The third-order valence-corrected chi connectivity index (χ3v) is 3.97. The summed E-state index contributed by atoms with van der Waals surface area (Å²) in [5.41, 5.74) is 0.988. The Kier molecular flexibility index (Phi) is 4.06. The van der Waals surface area contributed by atoms with E-state index in [1.807, 2.05) is 37.3 Å². The highest BCUT2D eigenvalue weighted by Gasteiger charge is 2.30. The van der Waals surface area contributed by atoms with Crippen molar-refractivity contribution in [2.24, 2.45) is 0 Å². The summed E-state index contributed by atoms with van der Waals surface area (Å²) in [5, 5.41) is 8.44. The first-order valence-electron chi connectivity index (χ1n) is 7.87. The molecule has 0 N–H and O–H groups in total. The maximum absolute atomic E-state index is 5.57. The molecule has 1 atom stereocenters. The van der Waals surface area contributed by atoms with E-state index in [1.54, 1.807) is 11.0 Å². The maximum Gasteiger partial charge on any atom is 0.246 e. The zero-order chi connectivity index (χ0) is 16.4. The molecule has 0 radical (unpaired) electrons. The summed E-state index contributed by atoms with van der Waals surface area (Å²) in [6.45, 7) is 4.38. The highest BCUT2D eigenvalue weighted by molar-refractivity contribution is 5.29. The van der Waals surface area contributed by atoms with Gasteiger partial charge in [-0.1, -0.05) is 23.4 Å². The lowest BCUT2D eigenvalue weighted by Gasteiger charge is -2.32. The molecule has 0 bridgehead atoms. The molecule has 1 aromatic carbocycles. The number of ether oxygens (including phenoxy) is 1. The van der Waals surface area contributed by atoms with E-state index in [0.29, 0.717) is 31.5 Å². The van der Waals surface area contributed by atoms with Gasteiger partial charge >= 0.3 is 0 Å². The van der Waals surface area contributed by atoms with Crippen molar-refractivity contribution in [1.29, 1.82) is 0 Å². The van der Waals surface area contributed by atoms with Crippen molar-refractivity contribution >= 4 is 0 Å². The zero-order valence-electron chi connectivity index (χ0n) is 13.4. The van der Waals surface area contributed by atoms with Crippen molar-refractivity contribution in [3.8, 4) is 5.69 Å². The minimum atomic E-state index is -0.0661. The smallest absolute Gasteiger partial charge is 0.246 e. The highest BCUT2D eigenvalue weighted by Crippen LogP contribution is 2.24. The molecule has 24 heavy (non-hydrogen) atoms. The summed E-state index contributed by atoms with van der Waals surface area (Å²) in [7, 11) is 0. The van der Waals surface area contributed by atoms with Crippen LogP contribution in [-0.4, -0.2) is 49.6 Å². The van der Waals surface area contributed by atoms with Gasteiger partial charge in [-0.25, -0.2) is 9.67 Å². The highest BCUT2D eigenvalue weighted by atomic mass is 16.5. The predicted octanol–water partition coefficient (Wildman–Crippen LogP) is 1.53. The van der Waals surface area contributed by atoms with E-state index in [4.69, 9.17) is 9.26 Å². The largest absolute Gasteiger partial charge is 0.378 e. The van der Waals surface area contributed by atoms with Gasteiger partial charge in [-0.05, 0) is 19.1 Å². The molecule has 4 rings (SSSR count). The average molecular weight is 326 g/mol. The second-order valence-corrected chi connectivity index (χ2v) is 5.68. The molecule has 3 heterocycles. The Morgan fingerprint density at radius 2 is 2.12 bits per heavy atom. The third-order valence-electron chi connectivity index (χ3n) is 3.97. The normalized spacial score (nSPS) is 18.8. The molecular formula is C16H18N6O2. The molecule has 124 valence electrons. The fourth-order valence-electron chi connectivity index (χ4n) is 2.76. The van der Waals surface area contributed by atoms with Gasteiger partial charge in [0.1, 0.15) is 12.4 Å². The van der Waals surface area contributed by atoms with Gasteiger partial charge in [-0.3, -0.25) is 4.90 Å².